The Balaban J connectivity index is 0.00000225. The predicted octanol–water partition coefficient (Wildman–Crippen LogP) is -2.64. The number of aliphatic hydroxyl groups excluding tert-OH is 1. The summed E-state index contributed by atoms with van der Waals surface area (Å²) in [5.74, 6) is -0.206. The molecule has 1 atom stereocenters. The van der Waals surface area contributed by atoms with E-state index >= 15 is 0 Å². The Morgan fingerprint density at radius 3 is 2.19 bits per heavy atom. The van der Waals surface area contributed by atoms with Gasteiger partial charge in [0.05, 0.1) is 5.38 Å². The summed E-state index contributed by atoms with van der Waals surface area (Å²) in [4.78, 5) is 0. The van der Waals surface area contributed by atoms with Gasteiger partial charge < -0.3 is 14.1 Å². The molecular formula is C8H13NaO5SSi. The summed E-state index contributed by atoms with van der Waals surface area (Å²) in [6, 6.07) is 2.93. The Labute approximate surface area is 118 Å². The molecule has 0 spiro atoms. The molecule has 0 aliphatic carbocycles. The first kappa shape index (κ1) is 16.4. The molecule has 8 heteroatoms. The monoisotopic (exact) mass is 272 g/mol. The topological polar surface area (TPSA) is 90.6 Å². The minimum Gasteiger partial charge on any atom is -0.746 e. The van der Waals surface area contributed by atoms with Gasteiger partial charge in [0.25, 0.3) is 0 Å². The van der Waals surface area contributed by atoms with E-state index in [1.807, 2.05) is 19.6 Å². The van der Waals surface area contributed by atoms with Gasteiger partial charge in [-0.2, -0.15) is 0 Å². The average molecular weight is 272 g/mol. The van der Waals surface area contributed by atoms with Crippen LogP contribution in [0.2, 0.25) is 19.6 Å². The molecule has 1 heterocycles. The van der Waals surface area contributed by atoms with E-state index in [1.165, 1.54) is 6.07 Å². The van der Waals surface area contributed by atoms with Crippen LogP contribution in [0.25, 0.3) is 0 Å². The Kier molecular flexibility index (Phi) is 5.46. The van der Waals surface area contributed by atoms with E-state index in [4.69, 9.17) is 9.52 Å². The molecule has 0 saturated carbocycles. The van der Waals surface area contributed by atoms with Gasteiger partial charge in [0, 0.05) is 0 Å². The number of hydrogen-bond donors (Lipinski definition) is 1. The van der Waals surface area contributed by atoms with E-state index in [1.54, 1.807) is 6.07 Å². The zero-order chi connectivity index (χ0) is 11.9. The van der Waals surface area contributed by atoms with Crippen LogP contribution in [-0.2, 0) is 10.1 Å². The van der Waals surface area contributed by atoms with Gasteiger partial charge in [-0.25, -0.2) is 8.42 Å². The van der Waals surface area contributed by atoms with Gasteiger partial charge >= 0.3 is 29.6 Å². The van der Waals surface area contributed by atoms with Gasteiger partial charge in [-0.1, -0.05) is 19.6 Å². The van der Waals surface area contributed by atoms with Gasteiger partial charge in [-0.3, -0.25) is 0 Å². The zero-order valence-corrected chi connectivity index (χ0v) is 13.5. The Bertz CT molecular complexity index is 447. The fourth-order valence-electron chi connectivity index (χ4n) is 1.03. The van der Waals surface area contributed by atoms with E-state index < -0.39 is 23.6 Å². The first-order chi connectivity index (χ1) is 6.62. The van der Waals surface area contributed by atoms with E-state index in [2.05, 4.69) is 0 Å². The summed E-state index contributed by atoms with van der Waals surface area (Å²) in [6.07, 6.45) is 0. The SMILES string of the molecule is C[Si](C)(C)c1ccc(C(O)S(=O)(=O)[O-])o1.[Na+]. The average Bonchev–Trinajstić information content (AvgIpc) is 2.47. The van der Waals surface area contributed by atoms with Gasteiger partial charge in [-0.15, -0.1) is 0 Å². The van der Waals surface area contributed by atoms with Crippen molar-refractivity contribution in [2.24, 2.45) is 0 Å². The molecule has 1 N–H and O–H groups in total. The molecule has 86 valence electrons. The van der Waals surface area contributed by atoms with Crippen molar-refractivity contribution in [2.75, 3.05) is 0 Å². The van der Waals surface area contributed by atoms with Crippen LogP contribution < -0.4 is 34.9 Å². The Morgan fingerprint density at radius 2 is 1.88 bits per heavy atom. The van der Waals surface area contributed by atoms with Crippen molar-refractivity contribution >= 4 is 23.6 Å². The van der Waals surface area contributed by atoms with Gasteiger partial charge in [0.1, 0.15) is 24.0 Å². The summed E-state index contributed by atoms with van der Waals surface area (Å²) in [7, 11) is -6.45. The van der Waals surface area contributed by atoms with Crippen LogP contribution in [0.4, 0.5) is 0 Å². The van der Waals surface area contributed by atoms with Crippen molar-refractivity contribution in [1.29, 1.82) is 0 Å². The van der Waals surface area contributed by atoms with Crippen molar-refractivity contribution in [1.82, 2.24) is 0 Å². The summed E-state index contributed by atoms with van der Waals surface area (Å²) < 4.78 is 36.8. The second kappa shape index (κ2) is 5.34. The van der Waals surface area contributed by atoms with Crippen molar-refractivity contribution < 1.29 is 52.1 Å². The maximum Gasteiger partial charge on any atom is 1.00 e. The first-order valence-electron chi connectivity index (χ1n) is 4.35. The molecule has 0 aliphatic rings. The zero-order valence-electron chi connectivity index (χ0n) is 9.72. The standard InChI is InChI=1S/C8H14O5SSi.Na/c1-15(2,3)7-5-4-6(13-7)8(9)14(10,11)12;/h4-5,8-9H,1-3H3,(H,10,11,12);/q;+1/p-1. The van der Waals surface area contributed by atoms with Crippen molar-refractivity contribution in [3.63, 3.8) is 0 Å². The van der Waals surface area contributed by atoms with Crippen LogP contribution in [0.1, 0.15) is 11.2 Å². The van der Waals surface area contributed by atoms with E-state index in [9.17, 15) is 13.0 Å². The maximum absolute atomic E-state index is 10.5. The van der Waals surface area contributed by atoms with Gasteiger partial charge in [0.15, 0.2) is 0 Å². The predicted molar refractivity (Wildman–Crippen MR) is 56.3 cm³/mol. The molecule has 5 nitrogen and oxygen atoms in total. The van der Waals surface area contributed by atoms with E-state index in [0.29, 0.717) is 5.38 Å². The molecule has 1 unspecified atom stereocenters. The van der Waals surface area contributed by atoms with E-state index in [0.717, 1.165) is 0 Å². The summed E-state index contributed by atoms with van der Waals surface area (Å²) >= 11 is 0. The van der Waals surface area contributed by atoms with Gasteiger partial charge in [0.2, 0.25) is 5.44 Å². The van der Waals surface area contributed by atoms with Crippen LogP contribution in [0.3, 0.4) is 0 Å². The number of hydrogen-bond acceptors (Lipinski definition) is 5. The minimum absolute atomic E-state index is 0. The fraction of sp³-hybridized carbons (Fsp3) is 0.500. The molecule has 0 bridgehead atoms. The molecule has 16 heavy (non-hydrogen) atoms. The van der Waals surface area contributed by atoms with E-state index in [-0.39, 0.29) is 35.3 Å². The second-order valence-corrected chi connectivity index (χ2v) is 10.7. The third-order valence-corrected chi connectivity index (χ3v) is 4.41. The molecule has 1 aromatic heterocycles. The smallest absolute Gasteiger partial charge is 0.746 e. The fourth-order valence-corrected chi connectivity index (χ4v) is 2.45. The number of aliphatic hydroxyl groups is 1. The minimum atomic E-state index is -4.76. The summed E-state index contributed by atoms with van der Waals surface area (Å²) in [5.41, 5.74) is -2.11. The molecule has 0 saturated heterocycles. The Morgan fingerprint density at radius 1 is 1.38 bits per heavy atom. The molecule has 0 radical (unpaired) electrons. The Hall–Kier alpha value is 0.367. The van der Waals surface area contributed by atoms with Gasteiger partial charge in [-0.05, 0) is 12.1 Å². The van der Waals surface area contributed by atoms with Crippen molar-refractivity contribution in [3.8, 4) is 0 Å². The summed E-state index contributed by atoms with van der Waals surface area (Å²) in [6.45, 7) is 6.02. The normalized spacial score (nSPS) is 14.3. The van der Waals surface area contributed by atoms with Crippen LogP contribution in [-0.4, -0.2) is 26.2 Å². The molecule has 0 amide bonds. The van der Waals surface area contributed by atoms with Crippen molar-refractivity contribution in [2.45, 2.75) is 25.1 Å². The first-order valence-corrected chi connectivity index (χ1v) is 9.32. The molecule has 0 fully saturated rings. The number of rotatable bonds is 3. The van der Waals surface area contributed by atoms with Crippen LogP contribution in [0.15, 0.2) is 16.5 Å². The van der Waals surface area contributed by atoms with Crippen LogP contribution in [0.5, 0.6) is 0 Å². The number of furan rings is 1. The summed E-state index contributed by atoms with van der Waals surface area (Å²) in [5, 5.41) is 9.81. The molecular weight excluding hydrogens is 259 g/mol. The van der Waals surface area contributed by atoms with Crippen LogP contribution >= 0.6 is 0 Å². The van der Waals surface area contributed by atoms with Crippen molar-refractivity contribution in [3.05, 3.63) is 17.9 Å². The maximum atomic E-state index is 10.5. The molecule has 0 aromatic carbocycles. The molecule has 0 aliphatic heterocycles. The molecule has 1 aromatic rings. The largest absolute Gasteiger partial charge is 1.00 e. The third-order valence-electron chi connectivity index (χ3n) is 1.88. The molecule has 1 rings (SSSR count). The third kappa shape index (κ3) is 3.99. The second-order valence-electron chi connectivity index (χ2n) is 4.30. The van der Waals surface area contributed by atoms with Crippen LogP contribution in [0, 0.1) is 0 Å². The quantitative estimate of drug-likeness (QED) is 0.480.